The minimum absolute atomic E-state index is 0.813. The van der Waals surface area contributed by atoms with Crippen LogP contribution in [-0.4, -0.2) is 23.0 Å². The molecule has 2 aromatic carbocycles. The number of nitrogens with one attached hydrogen (secondary N) is 1. The van der Waals surface area contributed by atoms with Crippen molar-refractivity contribution in [1.82, 2.24) is 15.0 Å². The average Bonchev–Trinajstić information content (AvgIpc) is 3.41. The van der Waals surface area contributed by atoms with Crippen molar-refractivity contribution in [2.45, 2.75) is 51.6 Å². The van der Waals surface area contributed by atoms with Gasteiger partial charge in [0.05, 0.1) is 0 Å². The molecule has 0 amide bonds. The minimum atomic E-state index is -2.00. The molecule has 0 aliphatic heterocycles. The number of pyridine rings is 1. The Morgan fingerprint density at radius 1 is 0.788 bits per heavy atom. The highest BCUT2D eigenvalue weighted by Gasteiger charge is 2.37. The maximum absolute atomic E-state index is 6.36. The van der Waals surface area contributed by atoms with E-state index in [2.05, 4.69) is 60.2 Å². The molecule has 0 atom stereocenters. The Kier molecular flexibility index (Phi) is 7.73. The maximum atomic E-state index is 6.36. The highest BCUT2D eigenvalue weighted by molar-refractivity contribution is 7.01. The lowest BCUT2D eigenvalue weighted by molar-refractivity contribution is 0.483. The number of nitrogens with zero attached hydrogens (tertiary/aromatic N) is 2. The standard InChI is InChI=1S/C28H33N3OSi/c1-3-5-19-33(20-6-4-2,27-15-7-8-16-29-27)26-14-10-13-25(22-26)32-24-12-9-11-23(21-24)28-30-17-18-31-28/h7-18,21-22H,3-6,19-20H2,1-2H3,(H,30,31). The van der Waals surface area contributed by atoms with Gasteiger partial charge in [0.1, 0.15) is 25.4 Å². The van der Waals surface area contributed by atoms with Gasteiger partial charge >= 0.3 is 0 Å². The van der Waals surface area contributed by atoms with Crippen LogP contribution in [0.1, 0.15) is 39.5 Å². The minimum Gasteiger partial charge on any atom is -0.457 e. The molecule has 170 valence electrons. The molecular formula is C28H33N3OSi. The summed E-state index contributed by atoms with van der Waals surface area (Å²) in [6.45, 7) is 4.56. The number of imidazole rings is 1. The fraction of sp³-hybridized carbons (Fsp3) is 0.286. The molecule has 0 unspecified atom stereocenters. The van der Waals surface area contributed by atoms with Gasteiger partial charge in [0.25, 0.3) is 0 Å². The second kappa shape index (κ2) is 11.1. The first kappa shape index (κ1) is 23.0. The number of H-pyrrole nitrogens is 1. The van der Waals surface area contributed by atoms with Gasteiger partial charge in [-0.15, -0.1) is 0 Å². The number of ether oxygens (including phenoxy) is 1. The molecule has 0 aliphatic rings. The van der Waals surface area contributed by atoms with Crippen LogP contribution in [0, 0.1) is 0 Å². The normalized spacial score (nSPS) is 11.5. The van der Waals surface area contributed by atoms with E-state index in [0.29, 0.717) is 0 Å². The van der Waals surface area contributed by atoms with Crippen molar-refractivity contribution in [3.8, 4) is 22.9 Å². The third-order valence-corrected chi connectivity index (χ3v) is 11.4. The van der Waals surface area contributed by atoms with Crippen LogP contribution in [0.5, 0.6) is 11.5 Å². The zero-order valence-corrected chi connectivity index (χ0v) is 20.6. The van der Waals surface area contributed by atoms with Gasteiger partial charge in [-0.25, -0.2) is 4.98 Å². The summed E-state index contributed by atoms with van der Waals surface area (Å²) in [7, 11) is -2.00. The molecule has 0 aliphatic carbocycles. The number of unbranched alkanes of at least 4 members (excludes halogenated alkanes) is 2. The molecule has 0 saturated heterocycles. The van der Waals surface area contributed by atoms with Crippen molar-refractivity contribution < 1.29 is 4.74 Å². The fourth-order valence-corrected chi connectivity index (χ4v) is 9.66. The Balaban J connectivity index is 1.69. The van der Waals surface area contributed by atoms with Gasteiger partial charge in [0.15, 0.2) is 0 Å². The maximum Gasteiger partial charge on any atom is 0.141 e. The van der Waals surface area contributed by atoms with E-state index >= 15 is 0 Å². The van der Waals surface area contributed by atoms with Gasteiger partial charge in [-0.3, -0.25) is 4.98 Å². The summed E-state index contributed by atoms with van der Waals surface area (Å²) < 4.78 is 6.36. The van der Waals surface area contributed by atoms with Crippen LogP contribution >= 0.6 is 0 Å². The third kappa shape index (κ3) is 5.42. The topological polar surface area (TPSA) is 50.8 Å². The Morgan fingerprint density at radius 2 is 1.55 bits per heavy atom. The van der Waals surface area contributed by atoms with E-state index in [1.54, 1.807) is 6.20 Å². The quantitative estimate of drug-likeness (QED) is 0.265. The van der Waals surface area contributed by atoms with Crippen molar-refractivity contribution >= 4 is 18.6 Å². The Labute approximate surface area is 198 Å². The van der Waals surface area contributed by atoms with E-state index in [4.69, 9.17) is 9.72 Å². The highest BCUT2D eigenvalue weighted by atomic mass is 28.3. The Morgan fingerprint density at radius 3 is 2.21 bits per heavy atom. The van der Waals surface area contributed by atoms with Crippen LogP contribution in [0.15, 0.2) is 85.3 Å². The first-order valence-corrected chi connectivity index (χ1v) is 14.5. The second-order valence-electron chi connectivity index (χ2n) is 8.60. The number of aromatic amines is 1. The number of hydrogen-bond acceptors (Lipinski definition) is 3. The predicted molar refractivity (Wildman–Crippen MR) is 139 cm³/mol. The summed E-state index contributed by atoms with van der Waals surface area (Å²) in [4.78, 5) is 12.4. The molecule has 1 N–H and O–H groups in total. The summed E-state index contributed by atoms with van der Waals surface area (Å²) in [5, 5.41) is 2.71. The average molecular weight is 456 g/mol. The van der Waals surface area contributed by atoms with Crippen LogP contribution < -0.4 is 15.2 Å². The van der Waals surface area contributed by atoms with Crippen LogP contribution in [-0.2, 0) is 0 Å². The number of rotatable bonds is 11. The molecule has 2 aromatic heterocycles. The first-order chi connectivity index (χ1) is 16.2. The van der Waals surface area contributed by atoms with Gasteiger partial charge in [0.2, 0.25) is 0 Å². The fourth-order valence-electron chi connectivity index (χ4n) is 4.54. The molecule has 4 aromatic rings. The van der Waals surface area contributed by atoms with Crippen LogP contribution in [0.25, 0.3) is 11.4 Å². The zero-order valence-electron chi connectivity index (χ0n) is 19.6. The van der Waals surface area contributed by atoms with Crippen molar-refractivity contribution in [3.05, 3.63) is 85.3 Å². The van der Waals surface area contributed by atoms with Crippen molar-refractivity contribution in [1.29, 1.82) is 0 Å². The molecule has 0 radical (unpaired) electrons. The SMILES string of the molecule is CCCC[Si](CCCC)(c1cccc(Oc2cccc(-c3ncc[nH]3)c2)c1)c1ccccn1. The summed E-state index contributed by atoms with van der Waals surface area (Å²) in [6.07, 6.45) is 10.4. The second-order valence-corrected chi connectivity index (χ2v) is 12.9. The van der Waals surface area contributed by atoms with Gasteiger partial charge in [-0.05, 0) is 53.7 Å². The molecule has 0 spiro atoms. The monoisotopic (exact) mass is 455 g/mol. The highest BCUT2D eigenvalue weighted by Crippen LogP contribution is 2.28. The van der Waals surface area contributed by atoms with E-state index in [1.807, 2.05) is 42.7 Å². The first-order valence-electron chi connectivity index (χ1n) is 12.0. The zero-order chi connectivity index (χ0) is 22.9. The molecule has 4 rings (SSSR count). The third-order valence-electron chi connectivity index (χ3n) is 6.30. The molecule has 0 fully saturated rings. The summed E-state index contributed by atoms with van der Waals surface area (Å²) in [5.41, 5.74) is 1.01. The lowest BCUT2D eigenvalue weighted by Crippen LogP contribution is -2.59. The molecule has 2 heterocycles. The van der Waals surface area contributed by atoms with Crippen molar-refractivity contribution in [2.75, 3.05) is 0 Å². The Bertz CT molecular complexity index is 1120. The number of hydrogen-bond donors (Lipinski definition) is 1. The van der Waals surface area contributed by atoms with E-state index in [1.165, 1.54) is 48.3 Å². The Hall–Kier alpha value is -3.18. The van der Waals surface area contributed by atoms with Gasteiger partial charge in [0, 0.05) is 29.5 Å². The molecule has 0 saturated carbocycles. The molecule has 33 heavy (non-hydrogen) atoms. The van der Waals surface area contributed by atoms with Gasteiger partial charge in [-0.2, -0.15) is 0 Å². The lowest BCUT2D eigenvalue weighted by atomic mass is 10.2. The predicted octanol–water partition coefficient (Wildman–Crippen LogP) is 6.43. The van der Waals surface area contributed by atoms with E-state index < -0.39 is 8.07 Å². The molecule has 4 nitrogen and oxygen atoms in total. The van der Waals surface area contributed by atoms with Crippen LogP contribution in [0.2, 0.25) is 12.1 Å². The van der Waals surface area contributed by atoms with Gasteiger partial charge < -0.3 is 9.72 Å². The molecular weight excluding hydrogens is 422 g/mol. The molecule has 5 heteroatoms. The van der Waals surface area contributed by atoms with E-state index in [0.717, 1.165) is 22.9 Å². The largest absolute Gasteiger partial charge is 0.457 e. The smallest absolute Gasteiger partial charge is 0.141 e. The van der Waals surface area contributed by atoms with E-state index in [-0.39, 0.29) is 0 Å². The van der Waals surface area contributed by atoms with Crippen molar-refractivity contribution in [2.24, 2.45) is 0 Å². The van der Waals surface area contributed by atoms with E-state index in [9.17, 15) is 0 Å². The van der Waals surface area contributed by atoms with Crippen LogP contribution in [0.4, 0.5) is 0 Å². The lowest BCUT2D eigenvalue weighted by Gasteiger charge is -2.32. The van der Waals surface area contributed by atoms with Crippen LogP contribution in [0.3, 0.4) is 0 Å². The van der Waals surface area contributed by atoms with Gasteiger partial charge in [-0.1, -0.05) is 69.9 Å². The van der Waals surface area contributed by atoms with Crippen molar-refractivity contribution in [3.63, 3.8) is 0 Å². The number of benzene rings is 2. The summed E-state index contributed by atoms with van der Waals surface area (Å²) >= 11 is 0. The molecule has 0 bridgehead atoms. The number of aromatic nitrogens is 3. The summed E-state index contributed by atoms with van der Waals surface area (Å²) in [6, 6.07) is 25.7. The summed E-state index contributed by atoms with van der Waals surface area (Å²) in [5.74, 6) is 2.54.